The normalized spacial score (nSPS) is 18.5. The molecule has 0 radical (unpaired) electrons. The molecule has 2 aromatic heterocycles. The molecule has 0 N–H and O–H groups in total. The van der Waals surface area contributed by atoms with E-state index in [0.717, 1.165) is 50.7 Å². The summed E-state index contributed by atoms with van der Waals surface area (Å²) >= 11 is 0. The molecule has 0 spiro atoms. The van der Waals surface area contributed by atoms with E-state index in [2.05, 4.69) is 29.7 Å². The molecule has 0 amide bonds. The molecule has 0 aliphatic carbocycles. The fraction of sp³-hybridized carbons (Fsp3) is 0.526. The number of rotatable bonds is 6. The first-order chi connectivity index (χ1) is 12.8. The van der Waals surface area contributed by atoms with Gasteiger partial charge < -0.3 is 0 Å². The van der Waals surface area contributed by atoms with E-state index >= 15 is 0 Å². The zero-order chi connectivity index (χ0) is 17.8. The Hall–Kier alpha value is -2.25. The minimum Gasteiger partial charge on any atom is -0.297 e. The molecule has 7 heteroatoms. The number of likely N-dealkylation sites (tertiary alicyclic amines) is 2. The third kappa shape index (κ3) is 4.11. The zero-order valence-electron chi connectivity index (χ0n) is 15.0. The molecule has 2 aliphatic heterocycles. The highest BCUT2D eigenvalue weighted by atomic mass is 16.1. The minimum atomic E-state index is -0.231. The average molecular weight is 352 g/mol. The molecule has 4 rings (SSSR count). The molecule has 26 heavy (non-hydrogen) atoms. The summed E-state index contributed by atoms with van der Waals surface area (Å²) in [5.74, 6) is -0.231. The van der Waals surface area contributed by atoms with E-state index in [-0.39, 0.29) is 5.78 Å². The number of carbonyl (C=O) groups is 1. The molecule has 2 aromatic rings. The van der Waals surface area contributed by atoms with Crippen molar-refractivity contribution < 1.29 is 4.79 Å². The number of carbonyl (C=O) groups excluding carboxylic acids is 1. The summed E-state index contributed by atoms with van der Waals surface area (Å²) in [4.78, 5) is 34.6. The van der Waals surface area contributed by atoms with E-state index in [1.165, 1.54) is 25.7 Å². The van der Waals surface area contributed by atoms with Crippen LogP contribution in [-0.2, 0) is 13.1 Å². The number of hydrogen-bond donors (Lipinski definition) is 0. The number of aromatic nitrogens is 4. The van der Waals surface area contributed by atoms with Gasteiger partial charge in [-0.05, 0) is 51.9 Å². The summed E-state index contributed by atoms with van der Waals surface area (Å²) in [7, 11) is 0. The predicted molar refractivity (Wildman–Crippen MR) is 96.5 cm³/mol. The smallest absolute Gasteiger partial charge is 0.232 e. The molecule has 2 fully saturated rings. The van der Waals surface area contributed by atoms with Crippen LogP contribution in [0.25, 0.3) is 0 Å². The van der Waals surface area contributed by atoms with Gasteiger partial charge in [-0.15, -0.1) is 0 Å². The molecule has 2 saturated heterocycles. The van der Waals surface area contributed by atoms with E-state index in [9.17, 15) is 4.79 Å². The molecule has 0 bridgehead atoms. The molecular weight excluding hydrogens is 328 g/mol. The Labute approximate surface area is 153 Å². The first kappa shape index (κ1) is 17.2. The van der Waals surface area contributed by atoms with Crippen molar-refractivity contribution in [2.75, 3.05) is 26.2 Å². The second-order valence-corrected chi connectivity index (χ2v) is 7.08. The molecule has 7 nitrogen and oxygen atoms in total. The SMILES string of the molecule is O=C(c1cnc(CN2CCCC2)cn1)c1cnc(CN2CCCC2)cn1. The van der Waals surface area contributed by atoms with Gasteiger partial charge in [0.1, 0.15) is 11.4 Å². The van der Waals surface area contributed by atoms with Crippen LogP contribution in [0.3, 0.4) is 0 Å². The van der Waals surface area contributed by atoms with E-state index in [1.54, 1.807) is 24.8 Å². The summed E-state index contributed by atoms with van der Waals surface area (Å²) in [5, 5.41) is 0. The fourth-order valence-corrected chi connectivity index (χ4v) is 3.58. The van der Waals surface area contributed by atoms with Crippen LogP contribution < -0.4 is 0 Å². The number of nitrogens with zero attached hydrogens (tertiary/aromatic N) is 6. The maximum Gasteiger partial charge on any atom is 0.232 e. The van der Waals surface area contributed by atoms with Crippen molar-refractivity contribution in [3.63, 3.8) is 0 Å². The van der Waals surface area contributed by atoms with Crippen LogP contribution in [0.1, 0.15) is 53.3 Å². The Morgan fingerprint density at radius 2 is 1.12 bits per heavy atom. The second kappa shape index (κ2) is 7.97. The van der Waals surface area contributed by atoms with E-state index < -0.39 is 0 Å². The molecule has 0 aromatic carbocycles. The van der Waals surface area contributed by atoms with Gasteiger partial charge in [0.25, 0.3) is 0 Å². The zero-order valence-corrected chi connectivity index (χ0v) is 15.0. The number of ketones is 1. The van der Waals surface area contributed by atoms with Crippen LogP contribution in [0.4, 0.5) is 0 Å². The van der Waals surface area contributed by atoms with Crippen molar-refractivity contribution in [3.05, 3.63) is 47.6 Å². The monoisotopic (exact) mass is 352 g/mol. The Morgan fingerprint density at radius 3 is 1.46 bits per heavy atom. The Balaban J connectivity index is 1.38. The highest BCUT2D eigenvalue weighted by Gasteiger charge is 2.17. The summed E-state index contributed by atoms with van der Waals surface area (Å²) in [6.07, 6.45) is 11.5. The van der Waals surface area contributed by atoms with Gasteiger partial charge >= 0.3 is 0 Å². The molecule has 0 atom stereocenters. The second-order valence-electron chi connectivity index (χ2n) is 7.08. The fourth-order valence-electron chi connectivity index (χ4n) is 3.58. The van der Waals surface area contributed by atoms with Crippen LogP contribution in [-0.4, -0.2) is 61.7 Å². The molecular formula is C19H24N6O. The van der Waals surface area contributed by atoms with Crippen LogP contribution in [0.5, 0.6) is 0 Å². The highest BCUT2D eigenvalue weighted by molar-refractivity contribution is 6.05. The average Bonchev–Trinajstić information content (AvgIpc) is 3.37. The third-order valence-electron chi connectivity index (χ3n) is 5.04. The van der Waals surface area contributed by atoms with E-state index in [0.29, 0.717) is 11.4 Å². The molecule has 136 valence electrons. The third-order valence-corrected chi connectivity index (χ3v) is 5.04. The lowest BCUT2D eigenvalue weighted by molar-refractivity contribution is 0.102. The van der Waals surface area contributed by atoms with Crippen LogP contribution in [0, 0.1) is 0 Å². The Morgan fingerprint density at radius 1 is 0.692 bits per heavy atom. The van der Waals surface area contributed by atoms with Crippen molar-refractivity contribution in [2.45, 2.75) is 38.8 Å². The van der Waals surface area contributed by atoms with Crippen molar-refractivity contribution >= 4 is 5.78 Å². The van der Waals surface area contributed by atoms with Gasteiger partial charge in [0, 0.05) is 13.1 Å². The van der Waals surface area contributed by atoms with Gasteiger partial charge in [-0.1, -0.05) is 0 Å². The van der Waals surface area contributed by atoms with Gasteiger partial charge in [-0.2, -0.15) is 0 Å². The largest absolute Gasteiger partial charge is 0.297 e. The first-order valence-electron chi connectivity index (χ1n) is 9.39. The van der Waals surface area contributed by atoms with Crippen molar-refractivity contribution in [2.24, 2.45) is 0 Å². The lowest BCUT2D eigenvalue weighted by Gasteiger charge is -2.13. The van der Waals surface area contributed by atoms with Gasteiger partial charge in [-0.25, -0.2) is 9.97 Å². The molecule has 2 aliphatic rings. The van der Waals surface area contributed by atoms with Crippen LogP contribution >= 0.6 is 0 Å². The predicted octanol–water partition coefficient (Wildman–Crippen LogP) is 1.69. The standard InChI is InChI=1S/C19H24N6O/c26-19(17-11-20-15(9-22-17)13-24-5-1-2-6-24)18-12-21-16(10-23-18)14-25-7-3-4-8-25/h9-12H,1-8,13-14H2. The van der Waals surface area contributed by atoms with Crippen molar-refractivity contribution in [3.8, 4) is 0 Å². The summed E-state index contributed by atoms with van der Waals surface area (Å²) < 4.78 is 0. The van der Waals surface area contributed by atoms with Gasteiger partial charge in [-0.3, -0.25) is 24.6 Å². The number of hydrogen-bond acceptors (Lipinski definition) is 7. The molecule has 0 unspecified atom stereocenters. The lowest BCUT2D eigenvalue weighted by atomic mass is 10.2. The van der Waals surface area contributed by atoms with E-state index in [1.807, 2.05) is 0 Å². The lowest BCUT2D eigenvalue weighted by Crippen LogP contribution is -2.20. The van der Waals surface area contributed by atoms with Crippen molar-refractivity contribution in [1.82, 2.24) is 29.7 Å². The Bertz CT molecular complexity index is 670. The summed E-state index contributed by atoms with van der Waals surface area (Å²) in [6, 6.07) is 0. The maximum absolute atomic E-state index is 12.5. The minimum absolute atomic E-state index is 0.231. The summed E-state index contributed by atoms with van der Waals surface area (Å²) in [6.45, 7) is 6.05. The molecule has 4 heterocycles. The maximum atomic E-state index is 12.5. The van der Waals surface area contributed by atoms with Crippen LogP contribution in [0.15, 0.2) is 24.8 Å². The first-order valence-corrected chi connectivity index (χ1v) is 9.39. The van der Waals surface area contributed by atoms with E-state index in [4.69, 9.17) is 0 Å². The highest BCUT2D eigenvalue weighted by Crippen LogP contribution is 2.13. The van der Waals surface area contributed by atoms with Crippen molar-refractivity contribution in [1.29, 1.82) is 0 Å². The Kier molecular flexibility index (Phi) is 5.26. The molecule has 0 saturated carbocycles. The van der Waals surface area contributed by atoms with Gasteiger partial charge in [0.05, 0.1) is 36.2 Å². The van der Waals surface area contributed by atoms with Gasteiger partial charge in [0.15, 0.2) is 0 Å². The topological polar surface area (TPSA) is 75.1 Å². The summed E-state index contributed by atoms with van der Waals surface area (Å²) in [5.41, 5.74) is 2.43. The van der Waals surface area contributed by atoms with Crippen LogP contribution in [0.2, 0.25) is 0 Å². The quantitative estimate of drug-likeness (QED) is 0.732. The van der Waals surface area contributed by atoms with Gasteiger partial charge in [0.2, 0.25) is 5.78 Å².